The van der Waals surface area contributed by atoms with Crippen LogP contribution in [0.15, 0.2) is 34.2 Å². The maximum atomic E-state index is 5.89. The number of fused-ring (bicyclic) bond motifs is 1. The van der Waals surface area contributed by atoms with E-state index in [2.05, 4.69) is 25.9 Å². The lowest BCUT2D eigenvalue weighted by atomic mass is 10.1. The van der Waals surface area contributed by atoms with Crippen LogP contribution in [0.3, 0.4) is 0 Å². The number of halogens is 1. The number of aromatic nitrogens is 3. The lowest BCUT2D eigenvalue weighted by Gasteiger charge is -2.07. The molecule has 0 fully saturated rings. The lowest BCUT2D eigenvalue weighted by molar-refractivity contribution is 0.401. The van der Waals surface area contributed by atoms with Gasteiger partial charge in [0.25, 0.3) is 0 Å². The Hall–Kier alpha value is -1.83. The van der Waals surface area contributed by atoms with Crippen molar-refractivity contribution < 1.29 is 4.42 Å². The van der Waals surface area contributed by atoms with Crippen LogP contribution in [0.1, 0.15) is 11.3 Å². The second kappa shape index (κ2) is 7.38. The molecule has 0 aliphatic heterocycles. The quantitative estimate of drug-likeness (QED) is 0.409. The Morgan fingerprint density at radius 3 is 2.88 bits per heavy atom. The van der Waals surface area contributed by atoms with Crippen molar-refractivity contribution in [3.05, 3.63) is 41.0 Å². The van der Waals surface area contributed by atoms with E-state index in [1.807, 2.05) is 14.1 Å². The summed E-state index contributed by atoms with van der Waals surface area (Å²) >= 11 is 7.39. The highest BCUT2D eigenvalue weighted by Gasteiger charge is 2.09. The molecule has 24 heavy (non-hydrogen) atoms. The fourth-order valence-electron chi connectivity index (χ4n) is 2.35. The molecule has 2 N–H and O–H groups in total. The highest BCUT2D eigenvalue weighted by atomic mass is 35.5. The first kappa shape index (κ1) is 17.0. The molecule has 3 aromatic heterocycles. The maximum absolute atomic E-state index is 5.89. The number of nitrogen functional groups attached to an aromatic ring is 1. The van der Waals surface area contributed by atoms with Gasteiger partial charge in [-0.3, -0.25) is 4.98 Å². The van der Waals surface area contributed by atoms with Crippen molar-refractivity contribution >= 4 is 40.1 Å². The Kier molecular flexibility index (Phi) is 5.23. The van der Waals surface area contributed by atoms with Crippen LogP contribution in [-0.2, 0) is 13.0 Å². The van der Waals surface area contributed by atoms with Crippen LogP contribution in [0, 0.1) is 0 Å². The van der Waals surface area contributed by atoms with E-state index in [9.17, 15) is 0 Å². The monoisotopic (exact) mass is 363 g/mol. The summed E-state index contributed by atoms with van der Waals surface area (Å²) in [7, 11) is 4.07. The third-order valence-corrected chi connectivity index (χ3v) is 4.41. The average Bonchev–Trinajstić information content (AvgIpc) is 2.88. The SMILES string of the molecule is CN(C)Cc1coc2cnc(CCSc3nc(N)cc(Cl)n3)cc12. The predicted octanol–water partition coefficient (Wildman–Crippen LogP) is 3.25. The minimum Gasteiger partial charge on any atom is -0.462 e. The van der Waals surface area contributed by atoms with E-state index >= 15 is 0 Å². The van der Waals surface area contributed by atoms with E-state index in [-0.39, 0.29) is 0 Å². The standard InChI is InChI=1S/C16H18ClN5OS/c1-22(2)8-10-9-23-13-7-19-11(5-12(10)13)3-4-24-16-20-14(17)6-15(18)21-16/h5-7,9H,3-4,8H2,1-2H3,(H2,18,20,21). The van der Waals surface area contributed by atoms with Gasteiger partial charge in [-0.15, -0.1) is 0 Å². The van der Waals surface area contributed by atoms with Crippen molar-refractivity contribution in [2.75, 3.05) is 25.6 Å². The number of furan rings is 1. The van der Waals surface area contributed by atoms with Gasteiger partial charge in [-0.2, -0.15) is 0 Å². The summed E-state index contributed by atoms with van der Waals surface area (Å²) in [4.78, 5) is 14.9. The number of anilines is 1. The summed E-state index contributed by atoms with van der Waals surface area (Å²) in [5, 5.41) is 2.05. The van der Waals surface area contributed by atoms with Gasteiger partial charge in [0, 0.05) is 35.0 Å². The van der Waals surface area contributed by atoms with Crippen LogP contribution < -0.4 is 5.73 Å². The van der Waals surface area contributed by atoms with E-state index in [0.717, 1.165) is 40.9 Å². The summed E-state index contributed by atoms with van der Waals surface area (Å²) in [5.74, 6) is 1.17. The molecule has 0 bridgehead atoms. The van der Waals surface area contributed by atoms with Crippen molar-refractivity contribution in [1.29, 1.82) is 0 Å². The first-order valence-corrected chi connectivity index (χ1v) is 8.80. The molecule has 0 saturated heterocycles. The molecule has 0 aliphatic rings. The van der Waals surface area contributed by atoms with Crippen molar-refractivity contribution in [1.82, 2.24) is 19.9 Å². The summed E-state index contributed by atoms with van der Waals surface area (Å²) < 4.78 is 5.56. The first-order chi connectivity index (χ1) is 11.5. The van der Waals surface area contributed by atoms with Gasteiger partial charge in [0.1, 0.15) is 11.0 Å². The Bertz CT molecular complexity index is 831. The molecule has 6 nitrogen and oxygen atoms in total. The number of aryl methyl sites for hydroxylation is 1. The van der Waals surface area contributed by atoms with E-state index in [0.29, 0.717) is 16.1 Å². The highest BCUT2D eigenvalue weighted by Crippen LogP contribution is 2.23. The smallest absolute Gasteiger partial charge is 0.190 e. The molecule has 0 aromatic carbocycles. The van der Waals surface area contributed by atoms with Gasteiger partial charge < -0.3 is 15.1 Å². The summed E-state index contributed by atoms with van der Waals surface area (Å²) in [6.45, 7) is 0.834. The minimum atomic E-state index is 0.358. The highest BCUT2D eigenvalue weighted by molar-refractivity contribution is 7.99. The van der Waals surface area contributed by atoms with Gasteiger partial charge >= 0.3 is 0 Å². The first-order valence-electron chi connectivity index (χ1n) is 7.44. The zero-order valence-corrected chi connectivity index (χ0v) is 15.1. The number of hydrogen-bond acceptors (Lipinski definition) is 7. The number of hydrogen-bond donors (Lipinski definition) is 1. The van der Waals surface area contributed by atoms with Crippen LogP contribution in [0.5, 0.6) is 0 Å². The van der Waals surface area contributed by atoms with Crippen molar-refractivity contribution in [3.63, 3.8) is 0 Å². The molecule has 0 saturated carbocycles. The maximum Gasteiger partial charge on any atom is 0.190 e. The van der Waals surface area contributed by atoms with Crippen molar-refractivity contribution in [2.24, 2.45) is 0 Å². The van der Waals surface area contributed by atoms with E-state index in [4.69, 9.17) is 21.8 Å². The molecule has 0 amide bonds. The molecule has 0 unspecified atom stereocenters. The lowest BCUT2D eigenvalue weighted by Crippen LogP contribution is -2.10. The van der Waals surface area contributed by atoms with Gasteiger partial charge in [-0.05, 0) is 26.6 Å². The predicted molar refractivity (Wildman–Crippen MR) is 97.3 cm³/mol. The molecule has 3 heterocycles. The van der Waals surface area contributed by atoms with Gasteiger partial charge in [0.05, 0.1) is 12.5 Å². The number of nitrogens with zero attached hydrogens (tertiary/aromatic N) is 4. The fourth-order valence-corrected chi connectivity index (χ4v) is 3.42. The molecule has 3 rings (SSSR count). The van der Waals surface area contributed by atoms with Gasteiger partial charge in [-0.25, -0.2) is 9.97 Å². The molecule has 0 radical (unpaired) electrons. The summed E-state index contributed by atoms with van der Waals surface area (Å²) in [6.07, 6.45) is 4.37. The van der Waals surface area contributed by atoms with Crippen molar-refractivity contribution in [2.45, 2.75) is 18.1 Å². The van der Waals surface area contributed by atoms with Gasteiger partial charge in [0.2, 0.25) is 0 Å². The van der Waals surface area contributed by atoms with Crippen LogP contribution in [0.25, 0.3) is 11.0 Å². The Labute approximate surface area is 149 Å². The Balaban J connectivity index is 1.68. The van der Waals surface area contributed by atoms with Crippen LogP contribution >= 0.6 is 23.4 Å². The van der Waals surface area contributed by atoms with Crippen molar-refractivity contribution in [3.8, 4) is 0 Å². The molecule has 126 valence electrons. The molecule has 0 atom stereocenters. The molecular weight excluding hydrogens is 346 g/mol. The Morgan fingerprint density at radius 1 is 1.29 bits per heavy atom. The number of thioether (sulfide) groups is 1. The topological polar surface area (TPSA) is 81.1 Å². The van der Waals surface area contributed by atoms with Gasteiger partial charge in [-0.1, -0.05) is 23.4 Å². The molecule has 0 spiro atoms. The molecular formula is C16H18ClN5OS. The second-order valence-corrected chi connectivity index (χ2v) is 7.12. The van der Waals surface area contributed by atoms with Crippen LogP contribution in [0.4, 0.5) is 5.82 Å². The molecule has 3 aromatic rings. The zero-order chi connectivity index (χ0) is 17.1. The van der Waals surface area contributed by atoms with Crippen LogP contribution in [0.2, 0.25) is 5.15 Å². The number of nitrogens with two attached hydrogens (primary N) is 1. The third-order valence-electron chi connectivity index (χ3n) is 3.37. The average molecular weight is 364 g/mol. The van der Waals surface area contributed by atoms with Crippen LogP contribution in [-0.4, -0.2) is 39.7 Å². The number of rotatable bonds is 6. The van der Waals surface area contributed by atoms with E-state index in [1.54, 1.807) is 12.5 Å². The molecule has 8 heteroatoms. The summed E-state index contributed by atoms with van der Waals surface area (Å²) in [6, 6.07) is 3.62. The second-order valence-electron chi connectivity index (χ2n) is 5.67. The Morgan fingerprint density at radius 2 is 2.12 bits per heavy atom. The summed E-state index contributed by atoms with van der Waals surface area (Å²) in [5.41, 5.74) is 8.66. The van der Waals surface area contributed by atoms with E-state index < -0.39 is 0 Å². The van der Waals surface area contributed by atoms with Gasteiger partial charge in [0.15, 0.2) is 10.7 Å². The minimum absolute atomic E-state index is 0.358. The largest absolute Gasteiger partial charge is 0.462 e. The fraction of sp³-hybridized carbons (Fsp3) is 0.312. The number of pyridine rings is 1. The third kappa shape index (κ3) is 4.17. The zero-order valence-electron chi connectivity index (χ0n) is 13.5. The molecule has 0 aliphatic carbocycles. The normalized spacial score (nSPS) is 11.5. The van der Waals surface area contributed by atoms with E-state index in [1.165, 1.54) is 17.8 Å².